The Labute approximate surface area is 132 Å². The van der Waals surface area contributed by atoms with Gasteiger partial charge >= 0.3 is 0 Å². The number of carbonyl (C=O) groups excluding carboxylic acids is 1. The third kappa shape index (κ3) is 5.09. The highest BCUT2D eigenvalue weighted by Crippen LogP contribution is 2.37. The van der Waals surface area contributed by atoms with E-state index in [4.69, 9.17) is 0 Å². The van der Waals surface area contributed by atoms with Crippen LogP contribution in [0.15, 0.2) is 0 Å². The molecule has 0 heterocycles. The minimum Gasteiger partial charge on any atom is -0.298 e. The van der Waals surface area contributed by atoms with Gasteiger partial charge < -0.3 is 0 Å². The van der Waals surface area contributed by atoms with Gasteiger partial charge in [-0.15, -0.1) is 0 Å². The van der Waals surface area contributed by atoms with E-state index in [0.717, 1.165) is 24.8 Å². The van der Waals surface area contributed by atoms with Crippen molar-refractivity contribution in [2.24, 2.45) is 11.8 Å². The summed E-state index contributed by atoms with van der Waals surface area (Å²) >= 11 is 0. The molecule has 2 heteroatoms. The van der Waals surface area contributed by atoms with Gasteiger partial charge in [0.05, 0.1) is 6.04 Å². The Bertz CT molecular complexity index is 312. The van der Waals surface area contributed by atoms with E-state index in [1.54, 1.807) is 0 Å². The molecule has 0 aromatic heterocycles. The molecule has 0 N–H and O–H groups in total. The molecule has 0 bridgehead atoms. The average Bonchev–Trinajstić information content (AvgIpc) is 2.95. The van der Waals surface area contributed by atoms with E-state index in [1.165, 1.54) is 32.1 Å². The first-order valence-electron chi connectivity index (χ1n) is 9.14. The normalized spacial score (nSPS) is 20.0. The second-order valence-electron chi connectivity index (χ2n) is 7.74. The molecule has 0 spiro atoms. The first kappa shape index (κ1) is 18.7. The number of likely N-dealkylation sites (N-methyl/N-ethyl adjacent to an activating group) is 1. The fraction of sp³-hybridized carbons (Fsp3) is 0.947. The summed E-state index contributed by atoms with van der Waals surface area (Å²) in [5.41, 5.74) is 0.0677. The average molecular weight is 296 g/mol. The highest BCUT2D eigenvalue weighted by molar-refractivity contribution is 5.83. The van der Waals surface area contributed by atoms with E-state index in [0.29, 0.717) is 12.2 Å². The molecule has 0 amide bonds. The lowest BCUT2D eigenvalue weighted by Gasteiger charge is -2.42. The summed E-state index contributed by atoms with van der Waals surface area (Å²) in [6.45, 7) is 14.2. The molecule has 21 heavy (non-hydrogen) atoms. The molecular weight excluding hydrogens is 258 g/mol. The van der Waals surface area contributed by atoms with Crippen LogP contribution in [0.1, 0.15) is 86.5 Å². The smallest absolute Gasteiger partial charge is 0.149 e. The van der Waals surface area contributed by atoms with E-state index >= 15 is 0 Å². The van der Waals surface area contributed by atoms with Crippen LogP contribution in [0.2, 0.25) is 0 Å². The van der Waals surface area contributed by atoms with Gasteiger partial charge in [0, 0.05) is 12.0 Å². The van der Waals surface area contributed by atoms with Crippen molar-refractivity contribution >= 4 is 5.78 Å². The van der Waals surface area contributed by atoms with E-state index in [9.17, 15) is 4.79 Å². The van der Waals surface area contributed by atoms with Crippen molar-refractivity contribution in [2.45, 2.75) is 98.1 Å². The summed E-state index contributed by atoms with van der Waals surface area (Å²) in [7, 11) is 0. The lowest BCUT2D eigenvalue weighted by atomic mass is 9.81. The van der Waals surface area contributed by atoms with Crippen molar-refractivity contribution in [2.75, 3.05) is 6.54 Å². The summed E-state index contributed by atoms with van der Waals surface area (Å²) < 4.78 is 0. The van der Waals surface area contributed by atoms with Crippen molar-refractivity contribution in [3.8, 4) is 0 Å². The first-order chi connectivity index (χ1) is 9.85. The predicted octanol–water partition coefficient (Wildman–Crippen LogP) is 5.06. The number of ketones is 1. The molecular formula is C19H37NO. The number of hydrogen-bond donors (Lipinski definition) is 0. The first-order valence-corrected chi connectivity index (χ1v) is 9.14. The van der Waals surface area contributed by atoms with Crippen molar-refractivity contribution in [1.29, 1.82) is 0 Å². The summed E-state index contributed by atoms with van der Waals surface area (Å²) in [6.07, 6.45) is 8.51. The van der Waals surface area contributed by atoms with Gasteiger partial charge in [0.15, 0.2) is 0 Å². The van der Waals surface area contributed by atoms with Crippen LogP contribution in [-0.4, -0.2) is 28.8 Å². The summed E-state index contributed by atoms with van der Waals surface area (Å²) in [6, 6.07) is 0.116. The molecule has 0 unspecified atom stereocenters. The predicted molar refractivity (Wildman–Crippen MR) is 91.6 cm³/mol. The van der Waals surface area contributed by atoms with Crippen molar-refractivity contribution < 1.29 is 4.79 Å². The quantitative estimate of drug-likeness (QED) is 0.623. The summed E-state index contributed by atoms with van der Waals surface area (Å²) in [4.78, 5) is 15.0. The second kappa shape index (κ2) is 8.31. The molecule has 1 aliphatic rings. The zero-order valence-corrected chi connectivity index (χ0v) is 15.2. The van der Waals surface area contributed by atoms with E-state index in [2.05, 4.69) is 39.5 Å². The molecule has 1 fully saturated rings. The van der Waals surface area contributed by atoms with Gasteiger partial charge in [-0.2, -0.15) is 0 Å². The fourth-order valence-electron chi connectivity index (χ4n) is 4.24. The maximum Gasteiger partial charge on any atom is 0.149 e. The molecule has 1 saturated carbocycles. The molecule has 124 valence electrons. The molecule has 2 nitrogen and oxygen atoms in total. The molecule has 0 aromatic rings. The summed E-state index contributed by atoms with van der Waals surface area (Å²) in [5, 5.41) is 0. The largest absolute Gasteiger partial charge is 0.298 e. The van der Waals surface area contributed by atoms with Crippen molar-refractivity contribution in [3.63, 3.8) is 0 Å². The minimum absolute atomic E-state index is 0.0677. The number of nitrogens with zero attached hydrogens (tertiary/aromatic N) is 1. The second-order valence-corrected chi connectivity index (χ2v) is 7.74. The van der Waals surface area contributed by atoms with Gasteiger partial charge in [0.25, 0.3) is 0 Å². The van der Waals surface area contributed by atoms with Gasteiger partial charge in [-0.3, -0.25) is 9.69 Å². The zero-order valence-electron chi connectivity index (χ0n) is 15.2. The number of rotatable bonds is 8. The molecule has 0 aliphatic heterocycles. The third-order valence-corrected chi connectivity index (χ3v) is 5.42. The van der Waals surface area contributed by atoms with E-state index in [1.807, 2.05) is 6.92 Å². The van der Waals surface area contributed by atoms with Crippen molar-refractivity contribution in [1.82, 2.24) is 4.90 Å². The minimum atomic E-state index is 0.0677. The Balaban J connectivity index is 2.88. The highest BCUT2D eigenvalue weighted by atomic mass is 16.1. The van der Waals surface area contributed by atoms with Crippen LogP contribution in [0.25, 0.3) is 0 Å². The van der Waals surface area contributed by atoms with Gasteiger partial charge in [0.2, 0.25) is 0 Å². The molecule has 0 aromatic carbocycles. The maximum absolute atomic E-state index is 12.6. The van der Waals surface area contributed by atoms with Gasteiger partial charge in [-0.25, -0.2) is 0 Å². The SMILES string of the molecule is CCC(=O)[C@H](C[C@H](CC)C1CCCC1)N(CC)C(C)(C)C. The Morgan fingerprint density at radius 2 is 1.71 bits per heavy atom. The van der Waals surface area contributed by atoms with Gasteiger partial charge in [0.1, 0.15) is 5.78 Å². The number of Topliss-reactive ketones (excluding diaryl/α,β-unsaturated/α-hetero) is 1. The van der Waals surface area contributed by atoms with Gasteiger partial charge in [-0.05, 0) is 45.6 Å². The van der Waals surface area contributed by atoms with Crippen LogP contribution in [-0.2, 0) is 4.79 Å². The third-order valence-electron chi connectivity index (χ3n) is 5.42. The molecule has 0 radical (unpaired) electrons. The number of carbonyl (C=O) groups is 1. The van der Waals surface area contributed by atoms with Gasteiger partial charge in [-0.1, -0.05) is 52.9 Å². The Kier molecular flexibility index (Phi) is 7.39. The van der Waals surface area contributed by atoms with Crippen molar-refractivity contribution in [3.05, 3.63) is 0 Å². The topological polar surface area (TPSA) is 20.3 Å². The van der Waals surface area contributed by atoms with Crippen LogP contribution in [0.5, 0.6) is 0 Å². The molecule has 1 rings (SSSR count). The van der Waals surface area contributed by atoms with E-state index < -0.39 is 0 Å². The summed E-state index contributed by atoms with van der Waals surface area (Å²) in [5.74, 6) is 2.02. The monoisotopic (exact) mass is 295 g/mol. The Morgan fingerprint density at radius 1 is 1.14 bits per heavy atom. The Morgan fingerprint density at radius 3 is 2.10 bits per heavy atom. The van der Waals surface area contributed by atoms with Crippen LogP contribution in [0.3, 0.4) is 0 Å². The zero-order chi connectivity index (χ0) is 16.0. The lowest BCUT2D eigenvalue weighted by molar-refractivity contribution is -0.127. The highest BCUT2D eigenvalue weighted by Gasteiger charge is 2.35. The molecule has 0 saturated heterocycles. The van der Waals surface area contributed by atoms with Crippen LogP contribution >= 0.6 is 0 Å². The maximum atomic E-state index is 12.6. The van der Waals surface area contributed by atoms with Crippen LogP contribution < -0.4 is 0 Å². The fourth-order valence-corrected chi connectivity index (χ4v) is 4.24. The van der Waals surface area contributed by atoms with E-state index in [-0.39, 0.29) is 11.6 Å². The van der Waals surface area contributed by atoms with Crippen LogP contribution in [0.4, 0.5) is 0 Å². The standard InChI is InChI=1S/C19H37NO/c1-7-15(16-12-10-11-13-16)14-17(18(21)8-2)20(9-3)19(4,5)6/h15-17H,7-14H2,1-6H3/t15-,17-/m0/s1. The van der Waals surface area contributed by atoms with Crippen LogP contribution in [0, 0.1) is 11.8 Å². The molecule has 2 atom stereocenters. The Hall–Kier alpha value is -0.370. The lowest BCUT2D eigenvalue weighted by Crippen LogP contribution is -2.52. The number of hydrogen-bond acceptors (Lipinski definition) is 2. The molecule has 1 aliphatic carbocycles.